The van der Waals surface area contributed by atoms with Gasteiger partial charge in [0.05, 0.1) is 18.5 Å². The number of rotatable bonds is 3. The summed E-state index contributed by atoms with van der Waals surface area (Å²) in [6.45, 7) is 2.27. The third-order valence-corrected chi connectivity index (χ3v) is 2.77. The Balaban J connectivity index is 2.39. The van der Waals surface area contributed by atoms with Crippen molar-refractivity contribution in [3.05, 3.63) is 28.9 Å². The van der Waals surface area contributed by atoms with Gasteiger partial charge in [-0.05, 0) is 24.6 Å². The number of carboxylic acid groups (broad SMARTS) is 1. The molecule has 1 aromatic heterocycles. The molecule has 2 aromatic rings. The van der Waals surface area contributed by atoms with Gasteiger partial charge in [0.25, 0.3) is 0 Å². The number of carbonyl (C=O) groups is 1. The highest BCUT2D eigenvalue weighted by atomic mass is 35.5. The predicted octanol–water partition coefficient (Wildman–Crippen LogP) is 2.47. The average Bonchev–Trinajstić information content (AvgIpc) is 2.52. The van der Waals surface area contributed by atoms with E-state index >= 15 is 0 Å². The van der Waals surface area contributed by atoms with E-state index in [0.717, 1.165) is 16.5 Å². The molecule has 0 aliphatic heterocycles. The van der Waals surface area contributed by atoms with Crippen LogP contribution in [-0.4, -0.2) is 20.9 Å². The summed E-state index contributed by atoms with van der Waals surface area (Å²) in [5.41, 5.74) is 1.91. The van der Waals surface area contributed by atoms with Crippen LogP contribution >= 0.6 is 11.6 Å². The number of fused-ring (bicyclic) bond motifs is 1. The molecule has 0 atom stereocenters. The zero-order chi connectivity index (χ0) is 11.7. The van der Waals surface area contributed by atoms with Gasteiger partial charge in [-0.25, -0.2) is 0 Å². The molecule has 0 aliphatic rings. The Morgan fingerprint density at radius 2 is 2.31 bits per heavy atom. The summed E-state index contributed by atoms with van der Waals surface area (Å²) in [5, 5.41) is 14.2. The number of carboxylic acids is 1. The SMILES string of the molecule is Cc1ccc2c(Cl)n(CCC(=O)O)nc2c1. The molecule has 16 heavy (non-hydrogen) atoms. The lowest BCUT2D eigenvalue weighted by atomic mass is 10.2. The molecular weight excluding hydrogens is 228 g/mol. The lowest BCUT2D eigenvalue weighted by Crippen LogP contribution is -2.05. The Hall–Kier alpha value is -1.55. The lowest BCUT2D eigenvalue weighted by molar-refractivity contribution is -0.137. The van der Waals surface area contributed by atoms with E-state index in [4.69, 9.17) is 16.7 Å². The van der Waals surface area contributed by atoms with Crippen molar-refractivity contribution >= 4 is 28.5 Å². The maximum atomic E-state index is 10.5. The van der Waals surface area contributed by atoms with Gasteiger partial charge in [-0.3, -0.25) is 9.48 Å². The molecule has 0 saturated carbocycles. The molecule has 0 radical (unpaired) electrons. The summed E-state index contributed by atoms with van der Waals surface area (Å²) in [6, 6.07) is 5.78. The topological polar surface area (TPSA) is 55.1 Å². The molecule has 0 spiro atoms. The Bertz CT molecular complexity index is 548. The second kappa shape index (κ2) is 4.14. The monoisotopic (exact) mass is 238 g/mol. The van der Waals surface area contributed by atoms with Crippen molar-refractivity contribution in [2.24, 2.45) is 0 Å². The van der Waals surface area contributed by atoms with Gasteiger partial charge in [-0.1, -0.05) is 17.7 Å². The summed E-state index contributed by atoms with van der Waals surface area (Å²) in [6.07, 6.45) is 0.0205. The second-order valence-electron chi connectivity index (χ2n) is 3.68. The lowest BCUT2D eigenvalue weighted by Gasteiger charge is -1.98. The number of benzene rings is 1. The highest BCUT2D eigenvalue weighted by Gasteiger charge is 2.09. The fourth-order valence-corrected chi connectivity index (χ4v) is 1.84. The first-order valence-electron chi connectivity index (χ1n) is 4.92. The molecule has 2 rings (SSSR count). The number of nitrogens with zero attached hydrogens (tertiary/aromatic N) is 2. The highest BCUT2D eigenvalue weighted by Crippen LogP contribution is 2.24. The standard InChI is InChI=1S/C11H11ClN2O2/c1-7-2-3-8-9(6-7)13-14(11(8)12)5-4-10(15)16/h2-3,6H,4-5H2,1H3,(H,15,16). The quantitative estimate of drug-likeness (QED) is 0.894. The first kappa shape index (κ1) is 11.0. The molecule has 0 amide bonds. The summed E-state index contributed by atoms with van der Waals surface area (Å²) in [5.74, 6) is -0.855. The average molecular weight is 239 g/mol. The maximum Gasteiger partial charge on any atom is 0.305 e. The first-order chi connectivity index (χ1) is 7.58. The van der Waals surface area contributed by atoms with Crippen LogP contribution in [0.5, 0.6) is 0 Å². The Morgan fingerprint density at radius 3 is 3.00 bits per heavy atom. The van der Waals surface area contributed by atoms with E-state index in [2.05, 4.69) is 5.10 Å². The van der Waals surface area contributed by atoms with Gasteiger partial charge in [0.1, 0.15) is 5.15 Å². The predicted molar refractivity (Wildman–Crippen MR) is 61.7 cm³/mol. The summed E-state index contributed by atoms with van der Waals surface area (Å²) >= 11 is 6.10. The van der Waals surface area contributed by atoms with Gasteiger partial charge in [0, 0.05) is 5.39 Å². The van der Waals surface area contributed by atoms with Gasteiger partial charge in [0.15, 0.2) is 0 Å². The Morgan fingerprint density at radius 1 is 1.56 bits per heavy atom. The smallest absolute Gasteiger partial charge is 0.305 e. The number of hydrogen-bond acceptors (Lipinski definition) is 2. The number of aryl methyl sites for hydroxylation is 2. The third kappa shape index (κ3) is 2.02. The Kier molecular flexibility index (Phi) is 2.83. The van der Waals surface area contributed by atoms with E-state index in [1.54, 1.807) is 0 Å². The highest BCUT2D eigenvalue weighted by molar-refractivity contribution is 6.34. The summed E-state index contributed by atoms with van der Waals surface area (Å²) < 4.78 is 1.53. The van der Waals surface area contributed by atoms with Crippen molar-refractivity contribution in [1.82, 2.24) is 9.78 Å². The van der Waals surface area contributed by atoms with Crippen LogP contribution in [0.1, 0.15) is 12.0 Å². The largest absolute Gasteiger partial charge is 0.481 e. The number of aromatic nitrogens is 2. The van der Waals surface area contributed by atoms with Crippen LogP contribution in [0.15, 0.2) is 18.2 Å². The number of halogens is 1. The minimum absolute atomic E-state index is 0.0205. The zero-order valence-corrected chi connectivity index (χ0v) is 9.53. The van der Waals surface area contributed by atoms with Crippen molar-refractivity contribution in [3.63, 3.8) is 0 Å². The van der Waals surface area contributed by atoms with Crippen LogP contribution in [0.4, 0.5) is 0 Å². The van der Waals surface area contributed by atoms with Crippen LogP contribution in [0, 0.1) is 6.92 Å². The normalized spacial score (nSPS) is 10.9. The van der Waals surface area contributed by atoms with Crippen molar-refractivity contribution in [3.8, 4) is 0 Å². The minimum atomic E-state index is -0.855. The molecule has 0 fully saturated rings. The zero-order valence-electron chi connectivity index (χ0n) is 8.77. The Labute approximate surface area is 97.4 Å². The summed E-state index contributed by atoms with van der Waals surface area (Å²) in [7, 11) is 0. The molecule has 1 heterocycles. The van der Waals surface area contributed by atoms with Gasteiger partial charge < -0.3 is 5.11 Å². The van der Waals surface area contributed by atoms with Crippen molar-refractivity contribution in [2.45, 2.75) is 19.9 Å². The number of hydrogen-bond donors (Lipinski definition) is 1. The maximum absolute atomic E-state index is 10.5. The minimum Gasteiger partial charge on any atom is -0.481 e. The molecule has 0 aliphatic carbocycles. The van der Waals surface area contributed by atoms with Gasteiger partial charge in [0.2, 0.25) is 0 Å². The third-order valence-electron chi connectivity index (χ3n) is 2.37. The molecule has 0 saturated heterocycles. The fraction of sp³-hybridized carbons (Fsp3) is 0.273. The van der Waals surface area contributed by atoms with Crippen molar-refractivity contribution in [2.75, 3.05) is 0 Å². The van der Waals surface area contributed by atoms with Crippen LogP contribution < -0.4 is 0 Å². The second-order valence-corrected chi connectivity index (χ2v) is 4.04. The van der Waals surface area contributed by atoms with E-state index in [1.807, 2.05) is 25.1 Å². The van der Waals surface area contributed by atoms with E-state index < -0.39 is 5.97 Å². The van der Waals surface area contributed by atoms with Gasteiger partial charge in [-0.15, -0.1) is 0 Å². The van der Waals surface area contributed by atoms with Crippen LogP contribution in [-0.2, 0) is 11.3 Å². The van der Waals surface area contributed by atoms with Gasteiger partial charge >= 0.3 is 5.97 Å². The molecule has 0 unspecified atom stereocenters. The molecule has 0 bridgehead atoms. The van der Waals surface area contributed by atoms with Crippen LogP contribution in [0.25, 0.3) is 10.9 Å². The molecular formula is C11H11ClN2O2. The van der Waals surface area contributed by atoms with E-state index in [0.29, 0.717) is 11.7 Å². The molecule has 5 heteroatoms. The van der Waals surface area contributed by atoms with Crippen molar-refractivity contribution in [1.29, 1.82) is 0 Å². The molecule has 1 aromatic carbocycles. The van der Waals surface area contributed by atoms with E-state index in [9.17, 15) is 4.79 Å². The summed E-state index contributed by atoms with van der Waals surface area (Å²) in [4.78, 5) is 10.5. The van der Waals surface area contributed by atoms with Crippen LogP contribution in [0.3, 0.4) is 0 Å². The molecule has 1 N–H and O–H groups in total. The van der Waals surface area contributed by atoms with Crippen LogP contribution in [0.2, 0.25) is 5.15 Å². The van der Waals surface area contributed by atoms with E-state index in [1.165, 1.54) is 4.68 Å². The van der Waals surface area contributed by atoms with Crippen molar-refractivity contribution < 1.29 is 9.90 Å². The van der Waals surface area contributed by atoms with E-state index in [-0.39, 0.29) is 6.42 Å². The van der Waals surface area contributed by atoms with Gasteiger partial charge in [-0.2, -0.15) is 5.10 Å². The molecule has 84 valence electrons. The molecule has 4 nitrogen and oxygen atoms in total. The fourth-order valence-electron chi connectivity index (χ4n) is 1.56. The number of aliphatic carboxylic acids is 1. The first-order valence-corrected chi connectivity index (χ1v) is 5.30.